The summed E-state index contributed by atoms with van der Waals surface area (Å²) in [5, 5.41) is 6.73. The van der Waals surface area contributed by atoms with Crippen molar-refractivity contribution in [2.45, 2.75) is 0 Å². The molecule has 0 aliphatic heterocycles. The third-order valence-electron chi connectivity index (χ3n) is 2.54. The third kappa shape index (κ3) is 4.98. The summed E-state index contributed by atoms with van der Waals surface area (Å²) >= 11 is 9.10. The second kappa shape index (κ2) is 7.72. The Hall–Kier alpha value is -2.18. The van der Waals surface area contributed by atoms with Crippen molar-refractivity contribution in [3.05, 3.63) is 63.6 Å². The largest absolute Gasteiger partial charge is 0.329 e. The van der Waals surface area contributed by atoms with E-state index in [1.807, 2.05) is 0 Å². The summed E-state index contributed by atoms with van der Waals surface area (Å²) in [6.45, 7) is 0. The van der Waals surface area contributed by atoms with Crippen molar-refractivity contribution in [3.63, 3.8) is 0 Å². The summed E-state index contributed by atoms with van der Waals surface area (Å²) in [4.78, 5) is 23.3. The van der Waals surface area contributed by atoms with E-state index in [2.05, 4.69) is 31.8 Å². The lowest BCUT2D eigenvalue weighted by atomic mass is 10.2. The molecule has 0 bridgehead atoms. The van der Waals surface area contributed by atoms with E-state index in [0.29, 0.717) is 16.3 Å². The Morgan fingerprint density at radius 2 is 1.82 bits per heavy atom. The molecular formula is C15H11BrClN3O2. The van der Waals surface area contributed by atoms with Gasteiger partial charge in [0.2, 0.25) is 0 Å². The van der Waals surface area contributed by atoms with Gasteiger partial charge in [-0.25, -0.2) is 5.43 Å². The second-order valence-electron chi connectivity index (χ2n) is 4.22. The van der Waals surface area contributed by atoms with Crippen molar-refractivity contribution in [2.24, 2.45) is 5.10 Å². The predicted molar refractivity (Wildman–Crippen MR) is 90.0 cm³/mol. The minimum atomic E-state index is -0.860. The molecule has 112 valence electrons. The van der Waals surface area contributed by atoms with Crippen LogP contribution in [-0.4, -0.2) is 18.0 Å². The highest BCUT2D eigenvalue weighted by atomic mass is 79.9. The van der Waals surface area contributed by atoms with Gasteiger partial charge >= 0.3 is 11.8 Å². The summed E-state index contributed by atoms with van der Waals surface area (Å²) < 4.78 is 0.876. The Morgan fingerprint density at radius 3 is 2.50 bits per heavy atom. The first kappa shape index (κ1) is 16.2. The van der Waals surface area contributed by atoms with Crippen LogP contribution in [0, 0.1) is 0 Å². The van der Waals surface area contributed by atoms with Gasteiger partial charge in [0.1, 0.15) is 0 Å². The maximum atomic E-state index is 11.7. The van der Waals surface area contributed by atoms with Crippen molar-refractivity contribution in [3.8, 4) is 0 Å². The van der Waals surface area contributed by atoms with Crippen LogP contribution in [0.5, 0.6) is 0 Å². The highest BCUT2D eigenvalue weighted by Gasteiger charge is 2.12. The molecule has 0 spiro atoms. The molecule has 0 unspecified atom stereocenters. The first-order valence-electron chi connectivity index (χ1n) is 6.20. The van der Waals surface area contributed by atoms with Crippen LogP contribution in [0.4, 0.5) is 5.69 Å². The Labute approximate surface area is 140 Å². The van der Waals surface area contributed by atoms with Crippen molar-refractivity contribution in [1.82, 2.24) is 5.43 Å². The van der Waals surface area contributed by atoms with E-state index in [9.17, 15) is 9.59 Å². The standard InChI is InChI=1S/C15H11BrClN3O2/c16-11-4-6-13(7-5-11)19-14(21)15(22)20-18-9-10-2-1-3-12(17)8-10/h1-9H,(H,19,21)(H,20,22). The lowest BCUT2D eigenvalue weighted by molar-refractivity contribution is -0.136. The Morgan fingerprint density at radius 1 is 1.09 bits per heavy atom. The molecule has 0 atom stereocenters. The summed E-state index contributed by atoms with van der Waals surface area (Å²) in [7, 11) is 0. The number of hydrazone groups is 1. The van der Waals surface area contributed by atoms with Gasteiger partial charge in [-0.15, -0.1) is 0 Å². The molecule has 2 amide bonds. The van der Waals surface area contributed by atoms with Crippen LogP contribution in [0.15, 0.2) is 58.1 Å². The van der Waals surface area contributed by atoms with Gasteiger partial charge in [-0.2, -0.15) is 5.10 Å². The minimum Gasteiger partial charge on any atom is -0.318 e. The van der Waals surface area contributed by atoms with Gasteiger partial charge in [-0.1, -0.05) is 39.7 Å². The average molecular weight is 381 g/mol. The number of carbonyl (C=O) groups is 2. The van der Waals surface area contributed by atoms with Crippen LogP contribution in [0.25, 0.3) is 0 Å². The van der Waals surface area contributed by atoms with Crippen LogP contribution < -0.4 is 10.7 Å². The quantitative estimate of drug-likeness (QED) is 0.488. The number of carbonyl (C=O) groups excluding carboxylic acids is 2. The topological polar surface area (TPSA) is 70.6 Å². The normalized spacial score (nSPS) is 10.5. The third-order valence-corrected chi connectivity index (χ3v) is 3.30. The molecule has 0 saturated carbocycles. The van der Waals surface area contributed by atoms with Crippen LogP contribution in [0.1, 0.15) is 5.56 Å². The smallest absolute Gasteiger partial charge is 0.318 e. The van der Waals surface area contributed by atoms with Gasteiger partial charge in [0, 0.05) is 15.2 Å². The van der Waals surface area contributed by atoms with E-state index in [0.717, 1.165) is 4.47 Å². The number of benzene rings is 2. The highest BCUT2D eigenvalue weighted by molar-refractivity contribution is 9.10. The van der Waals surface area contributed by atoms with Crippen molar-refractivity contribution in [1.29, 1.82) is 0 Å². The molecule has 0 aliphatic carbocycles. The zero-order chi connectivity index (χ0) is 15.9. The maximum Gasteiger partial charge on any atom is 0.329 e. The van der Waals surface area contributed by atoms with E-state index in [-0.39, 0.29) is 0 Å². The number of rotatable bonds is 3. The van der Waals surface area contributed by atoms with Crippen molar-refractivity contribution >= 4 is 51.2 Å². The number of nitrogens with zero attached hydrogens (tertiary/aromatic N) is 1. The van der Waals surface area contributed by atoms with Crippen molar-refractivity contribution < 1.29 is 9.59 Å². The van der Waals surface area contributed by atoms with Crippen LogP contribution in [0.2, 0.25) is 5.02 Å². The number of halogens is 2. The fourth-order valence-electron chi connectivity index (χ4n) is 1.52. The van der Waals surface area contributed by atoms with Gasteiger partial charge in [0.15, 0.2) is 0 Å². The lowest BCUT2D eigenvalue weighted by Gasteiger charge is -2.03. The summed E-state index contributed by atoms with van der Waals surface area (Å²) in [5.41, 5.74) is 3.37. The van der Waals surface area contributed by atoms with Crippen molar-refractivity contribution in [2.75, 3.05) is 5.32 Å². The minimum absolute atomic E-state index is 0.516. The fraction of sp³-hybridized carbons (Fsp3) is 0. The molecule has 0 heterocycles. The number of amides is 2. The predicted octanol–water partition coefficient (Wildman–Crippen LogP) is 3.19. The number of hydrogen-bond acceptors (Lipinski definition) is 3. The molecule has 0 radical (unpaired) electrons. The number of anilines is 1. The van der Waals surface area contributed by atoms with Crippen LogP contribution in [-0.2, 0) is 9.59 Å². The first-order chi connectivity index (χ1) is 10.5. The monoisotopic (exact) mass is 379 g/mol. The molecule has 0 fully saturated rings. The molecule has 0 aromatic heterocycles. The molecule has 22 heavy (non-hydrogen) atoms. The van der Waals surface area contributed by atoms with Crippen LogP contribution >= 0.6 is 27.5 Å². The number of nitrogens with one attached hydrogen (secondary N) is 2. The van der Waals surface area contributed by atoms with Gasteiger partial charge in [0.25, 0.3) is 0 Å². The second-order valence-corrected chi connectivity index (χ2v) is 5.57. The average Bonchev–Trinajstić information content (AvgIpc) is 2.49. The summed E-state index contributed by atoms with van der Waals surface area (Å²) in [6.07, 6.45) is 1.40. The van der Waals surface area contributed by atoms with Gasteiger partial charge < -0.3 is 5.32 Å². The fourth-order valence-corrected chi connectivity index (χ4v) is 1.99. The molecule has 2 rings (SSSR count). The van der Waals surface area contributed by atoms with E-state index in [1.165, 1.54) is 6.21 Å². The lowest BCUT2D eigenvalue weighted by Crippen LogP contribution is -2.32. The first-order valence-corrected chi connectivity index (χ1v) is 7.37. The molecule has 2 aromatic carbocycles. The molecule has 2 aromatic rings. The molecule has 0 aliphatic rings. The molecule has 7 heteroatoms. The zero-order valence-corrected chi connectivity index (χ0v) is 13.6. The van der Waals surface area contributed by atoms with Gasteiger partial charge in [-0.3, -0.25) is 9.59 Å². The van der Waals surface area contributed by atoms with E-state index >= 15 is 0 Å². The Kier molecular flexibility index (Phi) is 5.68. The van der Waals surface area contributed by atoms with E-state index < -0.39 is 11.8 Å². The maximum absolute atomic E-state index is 11.7. The van der Waals surface area contributed by atoms with E-state index in [4.69, 9.17) is 11.6 Å². The Bertz CT molecular complexity index is 717. The summed E-state index contributed by atoms with van der Waals surface area (Å²) in [6, 6.07) is 13.8. The molecule has 5 nitrogen and oxygen atoms in total. The Balaban J connectivity index is 1.89. The van der Waals surface area contributed by atoms with Gasteiger partial charge in [0.05, 0.1) is 6.21 Å². The summed E-state index contributed by atoms with van der Waals surface area (Å²) in [5.74, 6) is -1.66. The number of hydrogen-bond donors (Lipinski definition) is 2. The van der Waals surface area contributed by atoms with Crippen LogP contribution in [0.3, 0.4) is 0 Å². The van der Waals surface area contributed by atoms with Gasteiger partial charge in [-0.05, 0) is 42.0 Å². The molecule has 0 saturated heterocycles. The molecule has 2 N–H and O–H groups in total. The SMILES string of the molecule is O=C(NN=Cc1cccc(Cl)c1)C(=O)Nc1ccc(Br)cc1. The zero-order valence-electron chi connectivity index (χ0n) is 11.2. The molecular weight excluding hydrogens is 370 g/mol. The highest BCUT2D eigenvalue weighted by Crippen LogP contribution is 2.13. The van der Waals surface area contributed by atoms with E-state index in [1.54, 1.807) is 48.5 Å².